The molecular weight excluding hydrogens is 253 g/mol. The maximum atomic E-state index is 13.6. The Balaban J connectivity index is 2.23. The third kappa shape index (κ3) is 3.72. The van der Waals surface area contributed by atoms with Crippen molar-refractivity contribution in [2.24, 2.45) is 5.92 Å². The van der Waals surface area contributed by atoms with Crippen LogP contribution in [-0.4, -0.2) is 14.2 Å². The molecule has 2 rings (SSSR count). The molecule has 0 saturated heterocycles. The topological polar surface area (TPSA) is 21.3 Å². The van der Waals surface area contributed by atoms with Gasteiger partial charge in [0.15, 0.2) is 0 Å². The fraction of sp³-hybridized carbons (Fsp3) is 0.647. The highest BCUT2D eigenvalue weighted by molar-refractivity contribution is 5.37. The van der Waals surface area contributed by atoms with Gasteiger partial charge in [-0.2, -0.15) is 0 Å². The van der Waals surface area contributed by atoms with E-state index in [4.69, 9.17) is 4.74 Å². The molecule has 1 fully saturated rings. The first kappa shape index (κ1) is 15.3. The number of halogens is 1. The van der Waals surface area contributed by atoms with E-state index in [-0.39, 0.29) is 11.9 Å². The molecule has 0 amide bonds. The quantitative estimate of drug-likeness (QED) is 0.879. The van der Waals surface area contributed by atoms with Gasteiger partial charge in [-0.3, -0.25) is 0 Å². The van der Waals surface area contributed by atoms with Crippen molar-refractivity contribution in [3.05, 3.63) is 29.6 Å². The van der Waals surface area contributed by atoms with Crippen LogP contribution >= 0.6 is 0 Å². The maximum absolute atomic E-state index is 13.6. The number of nitrogens with one attached hydrogen (secondary N) is 1. The molecule has 20 heavy (non-hydrogen) atoms. The van der Waals surface area contributed by atoms with Crippen LogP contribution in [-0.2, 0) is 0 Å². The average molecular weight is 279 g/mol. The van der Waals surface area contributed by atoms with Gasteiger partial charge in [-0.15, -0.1) is 0 Å². The van der Waals surface area contributed by atoms with Gasteiger partial charge in [-0.1, -0.05) is 32.1 Å². The van der Waals surface area contributed by atoms with Crippen molar-refractivity contribution < 1.29 is 9.13 Å². The minimum Gasteiger partial charge on any atom is -0.496 e. The van der Waals surface area contributed by atoms with E-state index in [2.05, 4.69) is 5.32 Å². The summed E-state index contributed by atoms with van der Waals surface area (Å²) in [6, 6.07) is 5.00. The van der Waals surface area contributed by atoms with Gasteiger partial charge in [-0.25, -0.2) is 4.39 Å². The van der Waals surface area contributed by atoms with E-state index in [1.54, 1.807) is 19.2 Å². The first-order valence-electron chi connectivity index (χ1n) is 7.77. The van der Waals surface area contributed by atoms with Gasteiger partial charge < -0.3 is 10.1 Å². The van der Waals surface area contributed by atoms with Crippen LogP contribution in [0.15, 0.2) is 18.2 Å². The smallest absolute Gasteiger partial charge is 0.123 e. The number of benzene rings is 1. The Morgan fingerprint density at radius 2 is 1.80 bits per heavy atom. The SMILES string of the molecule is CNC(c1cc(F)ccc1OC)C1CCCCCCC1. The Morgan fingerprint density at radius 1 is 1.15 bits per heavy atom. The molecule has 0 radical (unpaired) electrons. The summed E-state index contributed by atoms with van der Waals surface area (Å²) < 4.78 is 19.0. The molecule has 0 heterocycles. The lowest BCUT2D eigenvalue weighted by Crippen LogP contribution is -2.26. The highest BCUT2D eigenvalue weighted by Crippen LogP contribution is 2.36. The van der Waals surface area contributed by atoms with E-state index < -0.39 is 0 Å². The molecule has 0 bridgehead atoms. The predicted octanol–water partition coefficient (Wildman–Crippen LogP) is 4.46. The van der Waals surface area contributed by atoms with Gasteiger partial charge in [-0.05, 0) is 44.0 Å². The second-order valence-electron chi connectivity index (χ2n) is 5.76. The lowest BCUT2D eigenvalue weighted by molar-refractivity contribution is 0.291. The highest BCUT2D eigenvalue weighted by atomic mass is 19.1. The predicted molar refractivity (Wildman–Crippen MR) is 80.6 cm³/mol. The van der Waals surface area contributed by atoms with Gasteiger partial charge >= 0.3 is 0 Å². The summed E-state index contributed by atoms with van der Waals surface area (Å²) in [5.74, 6) is 1.16. The summed E-state index contributed by atoms with van der Waals surface area (Å²) in [5.41, 5.74) is 0.959. The first-order chi connectivity index (χ1) is 9.76. The molecule has 1 saturated carbocycles. The van der Waals surface area contributed by atoms with Gasteiger partial charge in [0.25, 0.3) is 0 Å². The molecule has 3 heteroatoms. The maximum Gasteiger partial charge on any atom is 0.123 e. The van der Waals surface area contributed by atoms with Crippen molar-refractivity contribution in [3.8, 4) is 5.75 Å². The van der Waals surface area contributed by atoms with E-state index >= 15 is 0 Å². The molecule has 112 valence electrons. The Labute approximate surface area is 121 Å². The average Bonchev–Trinajstić information content (AvgIpc) is 2.42. The normalized spacial score (nSPS) is 19.1. The fourth-order valence-corrected chi connectivity index (χ4v) is 3.41. The van der Waals surface area contributed by atoms with Gasteiger partial charge in [0, 0.05) is 11.6 Å². The zero-order valence-corrected chi connectivity index (χ0v) is 12.6. The number of rotatable bonds is 4. The molecule has 1 aliphatic rings. The van der Waals surface area contributed by atoms with Gasteiger partial charge in [0.2, 0.25) is 0 Å². The van der Waals surface area contributed by atoms with Crippen molar-refractivity contribution in [1.82, 2.24) is 5.32 Å². The molecule has 1 aromatic carbocycles. The van der Waals surface area contributed by atoms with Crippen molar-refractivity contribution in [2.75, 3.05) is 14.2 Å². The Kier molecular flexibility index (Phi) is 5.84. The molecule has 0 aliphatic heterocycles. The summed E-state index contributed by atoms with van der Waals surface area (Å²) >= 11 is 0. The van der Waals surface area contributed by atoms with Crippen LogP contribution in [0.3, 0.4) is 0 Å². The van der Waals surface area contributed by atoms with Crippen LogP contribution in [0.2, 0.25) is 0 Å². The molecule has 0 aromatic heterocycles. The van der Waals surface area contributed by atoms with Crippen LogP contribution < -0.4 is 10.1 Å². The largest absolute Gasteiger partial charge is 0.496 e. The fourth-order valence-electron chi connectivity index (χ4n) is 3.41. The monoisotopic (exact) mass is 279 g/mol. The van der Waals surface area contributed by atoms with E-state index in [0.717, 1.165) is 11.3 Å². The number of hydrogen-bond acceptors (Lipinski definition) is 2. The van der Waals surface area contributed by atoms with Crippen molar-refractivity contribution in [1.29, 1.82) is 0 Å². The summed E-state index contributed by atoms with van der Waals surface area (Å²) in [4.78, 5) is 0. The van der Waals surface area contributed by atoms with E-state index in [1.807, 2.05) is 7.05 Å². The number of ether oxygens (including phenoxy) is 1. The summed E-state index contributed by atoms with van der Waals surface area (Å²) in [5, 5.41) is 3.39. The van der Waals surface area contributed by atoms with Crippen molar-refractivity contribution >= 4 is 0 Å². The molecule has 1 N–H and O–H groups in total. The molecule has 2 nitrogen and oxygen atoms in total. The first-order valence-corrected chi connectivity index (χ1v) is 7.77. The Morgan fingerprint density at radius 3 is 2.40 bits per heavy atom. The van der Waals surface area contributed by atoms with Gasteiger partial charge in [0.05, 0.1) is 7.11 Å². The van der Waals surface area contributed by atoms with Gasteiger partial charge in [0.1, 0.15) is 11.6 Å². The molecule has 1 aromatic rings. The zero-order valence-electron chi connectivity index (χ0n) is 12.6. The minimum atomic E-state index is -0.188. The molecule has 0 spiro atoms. The van der Waals surface area contributed by atoms with Crippen LogP contribution in [0.25, 0.3) is 0 Å². The van der Waals surface area contributed by atoms with E-state index in [1.165, 1.54) is 51.0 Å². The summed E-state index contributed by atoms with van der Waals surface area (Å²) in [6.07, 6.45) is 9.00. The minimum absolute atomic E-state index is 0.179. The second-order valence-corrected chi connectivity index (χ2v) is 5.76. The van der Waals surface area contributed by atoms with E-state index in [9.17, 15) is 4.39 Å². The summed E-state index contributed by atoms with van der Waals surface area (Å²) in [7, 11) is 3.62. The van der Waals surface area contributed by atoms with Crippen LogP contribution in [0.4, 0.5) is 4.39 Å². The Bertz CT molecular complexity index is 413. The Hall–Kier alpha value is -1.09. The van der Waals surface area contributed by atoms with Crippen molar-refractivity contribution in [3.63, 3.8) is 0 Å². The molecule has 1 atom stereocenters. The number of methoxy groups -OCH3 is 1. The highest BCUT2D eigenvalue weighted by Gasteiger charge is 2.25. The molecule has 1 unspecified atom stereocenters. The third-order valence-electron chi connectivity index (χ3n) is 4.46. The van der Waals surface area contributed by atoms with Crippen LogP contribution in [0, 0.1) is 11.7 Å². The summed E-state index contributed by atoms with van der Waals surface area (Å²) in [6.45, 7) is 0. The standard InChI is InChI=1S/C17H26FNO/c1-19-17(13-8-6-4-3-5-7-9-13)15-12-14(18)10-11-16(15)20-2/h10-13,17,19H,3-9H2,1-2H3. The van der Waals surface area contributed by atoms with Crippen LogP contribution in [0.5, 0.6) is 5.75 Å². The molecule has 1 aliphatic carbocycles. The lowest BCUT2D eigenvalue weighted by atomic mass is 9.82. The zero-order chi connectivity index (χ0) is 14.4. The van der Waals surface area contributed by atoms with Crippen LogP contribution in [0.1, 0.15) is 56.6 Å². The van der Waals surface area contributed by atoms with E-state index in [0.29, 0.717) is 5.92 Å². The lowest BCUT2D eigenvalue weighted by Gasteiger charge is -2.30. The third-order valence-corrected chi connectivity index (χ3v) is 4.46. The molecular formula is C17H26FNO. The number of hydrogen-bond donors (Lipinski definition) is 1. The van der Waals surface area contributed by atoms with Crippen molar-refractivity contribution in [2.45, 2.75) is 51.0 Å². The second kappa shape index (κ2) is 7.63.